The van der Waals surface area contributed by atoms with Gasteiger partial charge in [-0.15, -0.1) is 0 Å². The Morgan fingerprint density at radius 1 is 1.29 bits per heavy atom. The number of aliphatic hydroxyl groups excluding tert-OH is 1. The lowest BCUT2D eigenvalue weighted by Crippen LogP contribution is -2.16. The number of aryl methyl sites for hydroxylation is 1. The van der Waals surface area contributed by atoms with Crippen molar-refractivity contribution in [3.05, 3.63) is 11.6 Å². The molecule has 0 spiro atoms. The highest BCUT2D eigenvalue weighted by molar-refractivity contribution is 7.91. The lowest BCUT2D eigenvalue weighted by Gasteiger charge is -2.16. The smallest absolute Gasteiger partial charge is 0.169 e. The van der Waals surface area contributed by atoms with Gasteiger partial charge in [0, 0.05) is 6.54 Å². The van der Waals surface area contributed by atoms with Crippen molar-refractivity contribution in [3.8, 4) is 0 Å². The summed E-state index contributed by atoms with van der Waals surface area (Å²) in [6.45, 7) is 0.714. The van der Waals surface area contributed by atoms with Crippen molar-refractivity contribution in [1.29, 1.82) is 0 Å². The van der Waals surface area contributed by atoms with Crippen LogP contribution in [0.3, 0.4) is 0 Å². The maximum Gasteiger partial charge on any atom is 0.169 e. The summed E-state index contributed by atoms with van der Waals surface area (Å²) in [5.41, 5.74) is 0. The molecule has 1 N–H and O–H groups in total. The Morgan fingerprint density at radius 2 is 2.12 bits per heavy atom. The van der Waals surface area contributed by atoms with E-state index in [1.165, 1.54) is 0 Å². The second kappa shape index (κ2) is 3.78. The molecule has 7 heteroatoms. The van der Waals surface area contributed by atoms with Crippen LogP contribution in [-0.2, 0) is 16.4 Å². The Balaban J connectivity index is 2.00. The number of fused-ring (bicyclic) bond motifs is 1. The summed E-state index contributed by atoms with van der Waals surface area (Å²) in [6, 6.07) is 0. The molecular weight excluding hydrogens is 242 g/mol. The average Bonchev–Trinajstić information content (AvgIpc) is 2.81. The highest BCUT2D eigenvalue weighted by Crippen LogP contribution is 2.34. The first-order chi connectivity index (χ1) is 8.08. The number of sulfone groups is 1. The fourth-order valence-corrected chi connectivity index (χ4v) is 4.37. The summed E-state index contributed by atoms with van der Waals surface area (Å²) >= 11 is 0. The quantitative estimate of drug-likeness (QED) is 0.785. The molecule has 1 fully saturated rings. The molecule has 0 amide bonds. The second-order valence-electron chi connectivity index (χ2n) is 4.71. The van der Waals surface area contributed by atoms with Crippen molar-refractivity contribution < 1.29 is 13.5 Å². The maximum absolute atomic E-state index is 11.8. The summed E-state index contributed by atoms with van der Waals surface area (Å²) < 4.78 is 25.3. The Hall–Kier alpha value is -0.950. The summed E-state index contributed by atoms with van der Waals surface area (Å²) in [4.78, 5) is 4.23. The fourth-order valence-electron chi connectivity index (χ4n) is 2.56. The molecule has 1 aromatic rings. The van der Waals surface area contributed by atoms with Crippen LogP contribution in [-0.4, -0.2) is 34.0 Å². The number of hydrogen-bond acceptors (Lipinski definition) is 5. The molecule has 0 aromatic carbocycles. The molecule has 1 saturated heterocycles. The van der Waals surface area contributed by atoms with Crippen LogP contribution < -0.4 is 0 Å². The molecule has 6 nitrogen and oxygen atoms in total. The van der Waals surface area contributed by atoms with Crippen molar-refractivity contribution in [1.82, 2.24) is 14.8 Å². The van der Waals surface area contributed by atoms with Crippen LogP contribution in [0, 0.1) is 0 Å². The zero-order valence-corrected chi connectivity index (χ0v) is 10.2. The Morgan fingerprint density at radius 3 is 2.76 bits per heavy atom. The van der Waals surface area contributed by atoms with E-state index in [2.05, 4.69) is 10.1 Å². The first-order valence-corrected chi connectivity index (χ1v) is 7.64. The third kappa shape index (κ3) is 1.77. The molecule has 2 aliphatic heterocycles. The van der Waals surface area contributed by atoms with Crippen molar-refractivity contribution in [2.75, 3.05) is 5.75 Å². The SMILES string of the molecule is O=S1(=O)CCCC1c1nc2n(n1)CCCC2O. The van der Waals surface area contributed by atoms with E-state index in [-0.39, 0.29) is 5.75 Å². The number of hydrogen-bond donors (Lipinski definition) is 1. The average molecular weight is 257 g/mol. The van der Waals surface area contributed by atoms with Crippen molar-refractivity contribution >= 4 is 9.84 Å². The van der Waals surface area contributed by atoms with E-state index in [9.17, 15) is 13.5 Å². The minimum absolute atomic E-state index is 0.226. The van der Waals surface area contributed by atoms with Crippen LogP contribution in [0.5, 0.6) is 0 Å². The van der Waals surface area contributed by atoms with Gasteiger partial charge in [-0.2, -0.15) is 5.10 Å². The molecule has 3 heterocycles. The van der Waals surface area contributed by atoms with Gasteiger partial charge in [-0.25, -0.2) is 18.1 Å². The molecule has 3 rings (SSSR count). The molecule has 0 saturated carbocycles. The zero-order valence-electron chi connectivity index (χ0n) is 9.41. The van der Waals surface area contributed by atoms with E-state index in [1.54, 1.807) is 4.68 Å². The van der Waals surface area contributed by atoms with Gasteiger partial charge in [0.25, 0.3) is 0 Å². The number of aromatic nitrogens is 3. The third-order valence-electron chi connectivity index (χ3n) is 3.48. The van der Waals surface area contributed by atoms with Crippen molar-refractivity contribution in [2.45, 2.75) is 43.6 Å². The van der Waals surface area contributed by atoms with Gasteiger partial charge in [0.2, 0.25) is 0 Å². The van der Waals surface area contributed by atoms with Crippen LogP contribution >= 0.6 is 0 Å². The normalized spacial score (nSPS) is 31.4. The number of nitrogens with zero attached hydrogens (tertiary/aromatic N) is 3. The van der Waals surface area contributed by atoms with Gasteiger partial charge in [0.05, 0.1) is 5.75 Å². The summed E-state index contributed by atoms with van der Waals surface area (Å²) in [5.74, 6) is 1.12. The molecule has 0 bridgehead atoms. The van der Waals surface area contributed by atoms with Gasteiger partial charge < -0.3 is 5.11 Å². The van der Waals surface area contributed by atoms with Gasteiger partial charge in [-0.05, 0) is 25.7 Å². The second-order valence-corrected chi connectivity index (χ2v) is 7.01. The van der Waals surface area contributed by atoms with Crippen molar-refractivity contribution in [2.24, 2.45) is 0 Å². The first kappa shape index (κ1) is 11.2. The van der Waals surface area contributed by atoms with Crippen LogP contribution in [0.1, 0.15) is 48.7 Å². The zero-order chi connectivity index (χ0) is 12.0. The number of rotatable bonds is 1. The van der Waals surface area contributed by atoms with E-state index in [1.807, 2.05) is 0 Å². The lowest BCUT2D eigenvalue weighted by molar-refractivity contribution is 0.130. The highest BCUT2D eigenvalue weighted by Gasteiger charge is 2.37. The monoisotopic (exact) mass is 257 g/mol. The molecule has 1 aromatic heterocycles. The maximum atomic E-state index is 11.8. The fraction of sp³-hybridized carbons (Fsp3) is 0.800. The molecule has 2 unspecified atom stereocenters. The van der Waals surface area contributed by atoms with E-state index in [0.29, 0.717) is 37.5 Å². The standard InChI is InChI=1S/C10H15N3O3S/c14-7-3-1-5-13-10(7)11-9(12-13)8-4-2-6-17(8,15)16/h7-8,14H,1-6H2. The van der Waals surface area contributed by atoms with Gasteiger partial charge in [0.1, 0.15) is 11.4 Å². The third-order valence-corrected chi connectivity index (χ3v) is 5.65. The molecule has 0 radical (unpaired) electrons. The van der Waals surface area contributed by atoms with Crippen LogP contribution in [0.25, 0.3) is 0 Å². The predicted molar refractivity (Wildman–Crippen MR) is 60.0 cm³/mol. The highest BCUT2D eigenvalue weighted by atomic mass is 32.2. The van der Waals surface area contributed by atoms with E-state index >= 15 is 0 Å². The van der Waals surface area contributed by atoms with E-state index < -0.39 is 21.2 Å². The molecule has 17 heavy (non-hydrogen) atoms. The van der Waals surface area contributed by atoms with E-state index in [4.69, 9.17) is 0 Å². The van der Waals surface area contributed by atoms with Gasteiger partial charge >= 0.3 is 0 Å². The molecule has 0 aliphatic carbocycles. The van der Waals surface area contributed by atoms with Crippen molar-refractivity contribution in [3.63, 3.8) is 0 Å². The largest absolute Gasteiger partial charge is 0.385 e. The lowest BCUT2D eigenvalue weighted by atomic mass is 10.1. The van der Waals surface area contributed by atoms with Crippen LogP contribution in [0.4, 0.5) is 0 Å². The molecular formula is C10H15N3O3S. The van der Waals surface area contributed by atoms with Crippen LogP contribution in [0.2, 0.25) is 0 Å². The Bertz CT molecular complexity index is 537. The Kier molecular flexibility index (Phi) is 2.48. The van der Waals surface area contributed by atoms with Gasteiger partial charge in [-0.3, -0.25) is 0 Å². The van der Waals surface area contributed by atoms with E-state index in [0.717, 1.165) is 6.42 Å². The summed E-state index contributed by atoms with van der Waals surface area (Å²) in [7, 11) is -3.08. The predicted octanol–water partition coefficient (Wildman–Crippen LogP) is 0.355. The molecule has 94 valence electrons. The molecule has 2 aliphatic rings. The Labute approximate surface area is 99.6 Å². The summed E-state index contributed by atoms with van der Waals surface area (Å²) in [5, 5.41) is 13.5. The van der Waals surface area contributed by atoms with Crippen LogP contribution in [0.15, 0.2) is 0 Å². The minimum atomic E-state index is -3.08. The molecule has 2 atom stereocenters. The number of aliphatic hydroxyl groups is 1. The first-order valence-electron chi connectivity index (χ1n) is 5.92. The summed E-state index contributed by atoms with van der Waals surface area (Å²) in [6.07, 6.45) is 2.21. The van der Waals surface area contributed by atoms with Gasteiger partial charge in [-0.1, -0.05) is 0 Å². The van der Waals surface area contributed by atoms with Gasteiger partial charge in [0.15, 0.2) is 21.5 Å². The topological polar surface area (TPSA) is 85.1 Å². The minimum Gasteiger partial charge on any atom is -0.385 e.